The van der Waals surface area contributed by atoms with Crippen molar-refractivity contribution >= 4 is 22.4 Å². The first-order valence-corrected chi connectivity index (χ1v) is 8.57. The second-order valence-electron chi connectivity index (χ2n) is 5.88. The van der Waals surface area contributed by atoms with Gasteiger partial charge in [-0.05, 0) is 30.5 Å². The van der Waals surface area contributed by atoms with Gasteiger partial charge >= 0.3 is 0 Å². The number of ether oxygens (including phenoxy) is 1. The fourth-order valence-electron chi connectivity index (χ4n) is 2.97. The van der Waals surface area contributed by atoms with Gasteiger partial charge in [0.05, 0.1) is 12.3 Å². The predicted octanol–water partition coefficient (Wildman–Crippen LogP) is 1.93. The molecular weight excluding hydrogens is 312 g/mol. The molecule has 1 aromatic heterocycles. The molecule has 1 amide bonds. The molecule has 120 valence electrons. The number of carbonyl (C=O) groups excluding carboxylic acids is 1. The van der Waals surface area contributed by atoms with E-state index in [0.717, 1.165) is 24.5 Å². The van der Waals surface area contributed by atoms with Crippen LogP contribution in [0.3, 0.4) is 0 Å². The number of nitrogens with one attached hydrogen (secondary N) is 3. The summed E-state index contributed by atoms with van der Waals surface area (Å²) in [5.74, 6) is 0.923. The normalized spacial score (nSPS) is 22.7. The molecule has 1 saturated heterocycles. The summed E-state index contributed by atoms with van der Waals surface area (Å²) < 4.78 is 5.54. The van der Waals surface area contributed by atoms with Gasteiger partial charge in [0.15, 0.2) is 5.13 Å². The molecule has 2 aliphatic rings. The van der Waals surface area contributed by atoms with Crippen LogP contribution < -0.4 is 20.9 Å². The van der Waals surface area contributed by atoms with E-state index >= 15 is 0 Å². The van der Waals surface area contributed by atoms with Crippen LogP contribution in [0.4, 0.5) is 5.13 Å². The van der Waals surface area contributed by atoms with Crippen molar-refractivity contribution in [1.29, 1.82) is 0 Å². The topological polar surface area (TPSA) is 75.3 Å². The molecule has 6 nitrogen and oxygen atoms in total. The Morgan fingerprint density at radius 3 is 3.17 bits per heavy atom. The molecule has 2 atom stereocenters. The lowest BCUT2D eigenvalue weighted by Crippen LogP contribution is -2.39. The molecule has 3 N–H and O–H groups in total. The predicted molar refractivity (Wildman–Crippen MR) is 88.5 cm³/mol. The van der Waals surface area contributed by atoms with Crippen molar-refractivity contribution in [3.05, 3.63) is 40.4 Å². The average Bonchev–Trinajstić information content (AvgIpc) is 3.26. The Balaban J connectivity index is 1.41. The lowest BCUT2D eigenvalue weighted by Gasteiger charge is -2.11. The Labute approximate surface area is 138 Å². The number of thiazole rings is 1. The molecule has 3 heterocycles. The molecule has 7 heteroatoms. The highest BCUT2D eigenvalue weighted by Gasteiger charge is 2.31. The number of hydrazine groups is 1. The first kappa shape index (κ1) is 14.6. The van der Waals surface area contributed by atoms with Gasteiger partial charge in [-0.3, -0.25) is 4.79 Å². The summed E-state index contributed by atoms with van der Waals surface area (Å²) in [6.07, 6.45) is 1.66. The SMILES string of the molecule is Cc1csc(NC(=O)C2CC(c3ccc4c(c3)CCO4)NN2)n1. The van der Waals surface area contributed by atoms with Crippen LogP contribution in [0.5, 0.6) is 5.75 Å². The minimum absolute atomic E-state index is 0.0566. The number of nitrogens with zero attached hydrogens (tertiary/aromatic N) is 1. The monoisotopic (exact) mass is 330 g/mol. The van der Waals surface area contributed by atoms with Gasteiger partial charge in [-0.25, -0.2) is 15.8 Å². The maximum Gasteiger partial charge on any atom is 0.244 e. The van der Waals surface area contributed by atoms with Crippen LogP contribution in [0.2, 0.25) is 0 Å². The maximum atomic E-state index is 12.3. The molecule has 2 unspecified atom stereocenters. The highest BCUT2D eigenvalue weighted by Crippen LogP contribution is 2.30. The number of hydrogen-bond acceptors (Lipinski definition) is 6. The third-order valence-electron chi connectivity index (χ3n) is 4.18. The van der Waals surface area contributed by atoms with Crippen LogP contribution in [0, 0.1) is 6.92 Å². The fourth-order valence-corrected chi connectivity index (χ4v) is 3.66. The molecule has 23 heavy (non-hydrogen) atoms. The summed E-state index contributed by atoms with van der Waals surface area (Å²) in [4.78, 5) is 16.6. The number of fused-ring (bicyclic) bond motifs is 1. The largest absolute Gasteiger partial charge is 0.493 e. The summed E-state index contributed by atoms with van der Waals surface area (Å²) in [6, 6.07) is 6.11. The zero-order chi connectivity index (χ0) is 15.8. The van der Waals surface area contributed by atoms with E-state index in [9.17, 15) is 4.79 Å². The summed E-state index contributed by atoms with van der Waals surface area (Å²) >= 11 is 1.44. The van der Waals surface area contributed by atoms with Gasteiger partial charge < -0.3 is 10.1 Å². The Morgan fingerprint density at radius 2 is 2.35 bits per heavy atom. The van der Waals surface area contributed by atoms with Gasteiger partial charge in [-0.15, -0.1) is 11.3 Å². The third kappa shape index (κ3) is 2.95. The van der Waals surface area contributed by atoms with Crippen LogP contribution in [-0.4, -0.2) is 23.5 Å². The highest BCUT2D eigenvalue weighted by molar-refractivity contribution is 7.13. The van der Waals surface area contributed by atoms with E-state index in [1.165, 1.54) is 22.5 Å². The first-order valence-electron chi connectivity index (χ1n) is 7.69. The summed E-state index contributed by atoms with van der Waals surface area (Å²) in [5, 5.41) is 5.43. The van der Waals surface area contributed by atoms with Crippen molar-refractivity contribution < 1.29 is 9.53 Å². The second-order valence-corrected chi connectivity index (χ2v) is 6.74. The van der Waals surface area contributed by atoms with E-state index in [2.05, 4.69) is 33.3 Å². The van der Waals surface area contributed by atoms with Crippen molar-refractivity contribution in [1.82, 2.24) is 15.8 Å². The molecule has 4 rings (SSSR count). The first-order chi connectivity index (χ1) is 11.2. The van der Waals surface area contributed by atoms with Gasteiger partial charge in [-0.2, -0.15) is 0 Å². The van der Waals surface area contributed by atoms with E-state index in [1.54, 1.807) is 0 Å². The molecule has 1 aromatic carbocycles. The molecule has 0 bridgehead atoms. The Bertz CT molecular complexity index is 745. The number of aryl methyl sites for hydroxylation is 1. The summed E-state index contributed by atoms with van der Waals surface area (Å²) in [7, 11) is 0. The third-order valence-corrected chi connectivity index (χ3v) is 5.06. The van der Waals surface area contributed by atoms with Crippen LogP contribution >= 0.6 is 11.3 Å². The molecular formula is C16H18N4O2S. The number of amides is 1. The number of carbonyl (C=O) groups is 1. The summed E-state index contributed by atoms with van der Waals surface area (Å²) in [6.45, 7) is 2.67. The van der Waals surface area contributed by atoms with Crippen molar-refractivity contribution in [3.63, 3.8) is 0 Å². The maximum absolute atomic E-state index is 12.3. The van der Waals surface area contributed by atoms with E-state index in [4.69, 9.17) is 4.74 Å². The van der Waals surface area contributed by atoms with Gasteiger partial charge in [0.2, 0.25) is 5.91 Å². The van der Waals surface area contributed by atoms with Gasteiger partial charge in [0.1, 0.15) is 11.8 Å². The number of hydrogen-bond donors (Lipinski definition) is 3. The second kappa shape index (κ2) is 5.92. The molecule has 0 aliphatic carbocycles. The lowest BCUT2D eigenvalue weighted by atomic mass is 9.99. The van der Waals surface area contributed by atoms with Crippen LogP contribution in [0.1, 0.15) is 29.3 Å². The highest BCUT2D eigenvalue weighted by atomic mass is 32.1. The van der Waals surface area contributed by atoms with Crippen LogP contribution in [0.25, 0.3) is 0 Å². The summed E-state index contributed by atoms with van der Waals surface area (Å²) in [5.41, 5.74) is 9.65. The zero-order valence-corrected chi connectivity index (χ0v) is 13.6. The standard InChI is InChI=1S/C16H18N4O2S/c1-9-8-23-16(17-9)18-15(21)13-7-12(19-20-13)10-2-3-14-11(6-10)4-5-22-14/h2-3,6,8,12-13,19-20H,4-5,7H2,1H3,(H,17,18,21). The minimum atomic E-state index is -0.270. The van der Waals surface area contributed by atoms with Crippen molar-refractivity contribution in [2.24, 2.45) is 0 Å². The molecule has 2 aromatic rings. The van der Waals surface area contributed by atoms with Crippen LogP contribution in [0.15, 0.2) is 23.6 Å². The molecule has 2 aliphatic heterocycles. The molecule has 0 saturated carbocycles. The van der Waals surface area contributed by atoms with Crippen LogP contribution in [-0.2, 0) is 11.2 Å². The Hall–Kier alpha value is -1.96. The quantitative estimate of drug-likeness (QED) is 0.802. The minimum Gasteiger partial charge on any atom is -0.493 e. The Kier molecular flexibility index (Phi) is 3.76. The van der Waals surface area contributed by atoms with Crippen molar-refractivity contribution in [3.8, 4) is 5.75 Å². The number of rotatable bonds is 3. The smallest absolute Gasteiger partial charge is 0.244 e. The average molecular weight is 330 g/mol. The number of aromatic nitrogens is 1. The zero-order valence-electron chi connectivity index (χ0n) is 12.8. The van der Waals surface area contributed by atoms with Gasteiger partial charge in [-0.1, -0.05) is 12.1 Å². The molecule has 0 radical (unpaired) electrons. The van der Waals surface area contributed by atoms with E-state index in [0.29, 0.717) is 11.6 Å². The van der Waals surface area contributed by atoms with E-state index in [-0.39, 0.29) is 18.0 Å². The van der Waals surface area contributed by atoms with Gasteiger partial charge in [0.25, 0.3) is 0 Å². The number of anilines is 1. The Morgan fingerprint density at radius 1 is 1.43 bits per heavy atom. The van der Waals surface area contributed by atoms with E-state index < -0.39 is 0 Å². The molecule has 0 spiro atoms. The van der Waals surface area contributed by atoms with Crippen molar-refractivity contribution in [2.45, 2.75) is 31.8 Å². The fraction of sp³-hybridized carbons (Fsp3) is 0.375. The molecule has 1 fully saturated rings. The lowest BCUT2D eigenvalue weighted by molar-refractivity contribution is -0.117. The van der Waals surface area contributed by atoms with E-state index in [1.807, 2.05) is 18.4 Å². The van der Waals surface area contributed by atoms with Crippen molar-refractivity contribution in [2.75, 3.05) is 11.9 Å². The number of benzene rings is 1. The van der Waals surface area contributed by atoms with Gasteiger partial charge in [0, 0.05) is 17.8 Å².